The second-order valence-corrected chi connectivity index (χ2v) is 3.67. The van der Waals surface area contributed by atoms with Gasteiger partial charge in [-0.25, -0.2) is 0 Å². The number of pyridine rings is 1. The minimum absolute atomic E-state index is 0.00661. The number of amidine groups is 1. The highest BCUT2D eigenvalue weighted by atomic mass is 16.5. The third-order valence-electron chi connectivity index (χ3n) is 2.45. The van der Waals surface area contributed by atoms with Gasteiger partial charge in [0.15, 0.2) is 5.84 Å². The number of ether oxygens (including phenoxy) is 1. The van der Waals surface area contributed by atoms with Gasteiger partial charge in [0.1, 0.15) is 11.5 Å². The van der Waals surface area contributed by atoms with Crippen LogP contribution >= 0.6 is 0 Å². The van der Waals surface area contributed by atoms with E-state index in [-0.39, 0.29) is 5.84 Å². The number of hydrogen-bond acceptors (Lipinski definition) is 4. The highest BCUT2D eigenvalue weighted by Crippen LogP contribution is 2.26. The molecule has 2 rings (SSSR count). The maximum Gasteiger partial charge on any atom is 0.173 e. The lowest BCUT2D eigenvalue weighted by Gasteiger charge is -2.11. The number of nitrogens with zero attached hydrogens (tertiary/aromatic N) is 2. The lowest BCUT2D eigenvalue weighted by atomic mass is 10.2. The van der Waals surface area contributed by atoms with Gasteiger partial charge in [0.25, 0.3) is 0 Å². The van der Waals surface area contributed by atoms with Crippen LogP contribution < -0.4 is 10.5 Å². The van der Waals surface area contributed by atoms with Crippen LogP contribution in [0.4, 0.5) is 0 Å². The van der Waals surface area contributed by atoms with Crippen molar-refractivity contribution in [3.05, 3.63) is 53.9 Å². The molecule has 0 amide bonds. The third kappa shape index (κ3) is 2.40. The van der Waals surface area contributed by atoms with Crippen LogP contribution in [0.1, 0.15) is 11.3 Å². The molecule has 0 spiro atoms. The molecule has 0 radical (unpaired) electrons. The molecule has 92 valence electrons. The molecule has 0 atom stereocenters. The second-order valence-electron chi connectivity index (χ2n) is 3.67. The zero-order valence-corrected chi connectivity index (χ0v) is 9.87. The summed E-state index contributed by atoms with van der Waals surface area (Å²) in [6.45, 7) is 1.85. The van der Waals surface area contributed by atoms with Crippen LogP contribution in [0.15, 0.2) is 47.8 Å². The van der Waals surface area contributed by atoms with Crippen LogP contribution in [0.25, 0.3) is 0 Å². The molecule has 5 nitrogen and oxygen atoms in total. The van der Waals surface area contributed by atoms with Gasteiger partial charge in [0.05, 0.1) is 11.3 Å². The van der Waals surface area contributed by atoms with Gasteiger partial charge in [-0.15, -0.1) is 0 Å². The summed E-state index contributed by atoms with van der Waals surface area (Å²) in [4.78, 5) is 4.13. The number of aryl methyl sites for hydroxylation is 1. The predicted octanol–water partition coefficient (Wildman–Crippen LogP) is 2.28. The van der Waals surface area contributed by atoms with Gasteiger partial charge < -0.3 is 15.7 Å². The standard InChI is InChI=1S/C13H13N3O2/c1-9-11(7-4-8-15-9)18-12-6-3-2-5-10(12)13(14)16-17/h2-8,17H,1H3,(H2,14,16). The van der Waals surface area contributed by atoms with Crippen molar-refractivity contribution in [1.29, 1.82) is 0 Å². The molecule has 0 aliphatic rings. The van der Waals surface area contributed by atoms with Crippen LogP contribution in [0, 0.1) is 6.92 Å². The highest BCUT2D eigenvalue weighted by Gasteiger charge is 2.09. The summed E-state index contributed by atoms with van der Waals surface area (Å²) >= 11 is 0. The Balaban J connectivity index is 2.38. The predicted molar refractivity (Wildman–Crippen MR) is 68.0 cm³/mol. The fraction of sp³-hybridized carbons (Fsp3) is 0.0769. The molecule has 3 N–H and O–H groups in total. The monoisotopic (exact) mass is 243 g/mol. The van der Waals surface area contributed by atoms with Crippen LogP contribution in [0.5, 0.6) is 11.5 Å². The summed E-state index contributed by atoms with van der Waals surface area (Å²) in [6, 6.07) is 10.7. The quantitative estimate of drug-likeness (QED) is 0.375. The summed E-state index contributed by atoms with van der Waals surface area (Å²) in [6.07, 6.45) is 1.69. The van der Waals surface area contributed by atoms with Crippen molar-refractivity contribution >= 4 is 5.84 Å². The molecule has 0 aliphatic heterocycles. The molecule has 0 aliphatic carbocycles. The Morgan fingerprint density at radius 3 is 2.67 bits per heavy atom. The van der Waals surface area contributed by atoms with Gasteiger partial charge in [-0.05, 0) is 31.2 Å². The number of aromatic nitrogens is 1. The lowest BCUT2D eigenvalue weighted by molar-refractivity contribution is 0.318. The average molecular weight is 243 g/mol. The van der Waals surface area contributed by atoms with E-state index in [0.717, 1.165) is 5.69 Å². The van der Waals surface area contributed by atoms with Crippen molar-refractivity contribution in [3.8, 4) is 11.5 Å². The van der Waals surface area contributed by atoms with Gasteiger partial charge in [-0.2, -0.15) is 0 Å². The fourth-order valence-corrected chi connectivity index (χ4v) is 1.52. The van der Waals surface area contributed by atoms with Crippen molar-refractivity contribution in [1.82, 2.24) is 4.98 Å². The first-order chi connectivity index (χ1) is 8.72. The summed E-state index contributed by atoms with van der Waals surface area (Å²) in [5.41, 5.74) is 6.89. The van der Waals surface area contributed by atoms with Gasteiger partial charge in [0.2, 0.25) is 0 Å². The van der Waals surface area contributed by atoms with Crippen molar-refractivity contribution in [2.45, 2.75) is 6.92 Å². The van der Waals surface area contributed by atoms with Crippen LogP contribution in [-0.4, -0.2) is 16.0 Å². The average Bonchev–Trinajstić information content (AvgIpc) is 2.41. The lowest BCUT2D eigenvalue weighted by Crippen LogP contribution is -2.14. The van der Waals surface area contributed by atoms with E-state index in [2.05, 4.69) is 10.1 Å². The Bertz CT molecular complexity index is 582. The first-order valence-corrected chi connectivity index (χ1v) is 5.39. The molecule has 1 heterocycles. The number of para-hydroxylation sites is 1. The number of rotatable bonds is 3. The molecule has 1 aromatic heterocycles. The molecule has 18 heavy (non-hydrogen) atoms. The zero-order valence-electron chi connectivity index (χ0n) is 9.87. The van der Waals surface area contributed by atoms with E-state index < -0.39 is 0 Å². The van der Waals surface area contributed by atoms with Crippen molar-refractivity contribution < 1.29 is 9.94 Å². The van der Waals surface area contributed by atoms with E-state index in [1.54, 1.807) is 30.5 Å². The molecule has 0 bridgehead atoms. The van der Waals surface area contributed by atoms with Crippen molar-refractivity contribution in [2.75, 3.05) is 0 Å². The summed E-state index contributed by atoms with van der Waals surface area (Å²) in [5, 5.41) is 11.7. The Morgan fingerprint density at radius 2 is 1.94 bits per heavy atom. The third-order valence-corrected chi connectivity index (χ3v) is 2.45. The SMILES string of the molecule is Cc1ncccc1Oc1ccccc1C(N)=NO. The normalized spacial score (nSPS) is 11.3. The molecule has 2 aromatic rings. The fourth-order valence-electron chi connectivity index (χ4n) is 1.52. The van der Waals surface area contributed by atoms with E-state index in [4.69, 9.17) is 15.7 Å². The van der Waals surface area contributed by atoms with Crippen LogP contribution in [0.3, 0.4) is 0 Å². The summed E-state index contributed by atoms with van der Waals surface area (Å²) in [7, 11) is 0. The van der Waals surface area contributed by atoms with Gasteiger partial charge in [-0.3, -0.25) is 4.98 Å². The van der Waals surface area contributed by atoms with Crippen molar-refractivity contribution in [3.63, 3.8) is 0 Å². The van der Waals surface area contributed by atoms with Gasteiger partial charge in [-0.1, -0.05) is 17.3 Å². The minimum Gasteiger partial charge on any atom is -0.455 e. The van der Waals surface area contributed by atoms with E-state index in [1.165, 1.54) is 0 Å². The Labute approximate surface area is 105 Å². The smallest absolute Gasteiger partial charge is 0.173 e. The van der Waals surface area contributed by atoms with Crippen LogP contribution in [-0.2, 0) is 0 Å². The molecule has 5 heteroatoms. The Morgan fingerprint density at radius 1 is 1.22 bits per heavy atom. The van der Waals surface area contributed by atoms with E-state index in [9.17, 15) is 0 Å². The molecule has 1 aromatic carbocycles. The van der Waals surface area contributed by atoms with Crippen LogP contribution in [0.2, 0.25) is 0 Å². The van der Waals surface area contributed by atoms with E-state index >= 15 is 0 Å². The van der Waals surface area contributed by atoms with Crippen molar-refractivity contribution in [2.24, 2.45) is 10.9 Å². The molecular formula is C13H13N3O2. The largest absolute Gasteiger partial charge is 0.455 e. The summed E-state index contributed by atoms with van der Waals surface area (Å²) in [5.74, 6) is 1.16. The first-order valence-electron chi connectivity index (χ1n) is 5.39. The number of benzene rings is 1. The van der Waals surface area contributed by atoms with E-state index in [1.807, 2.05) is 19.1 Å². The maximum atomic E-state index is 8.73. The molecule has 0 saturated heterocycles. The molecule has 0 fully saturated rings. The number of hydrogen-bond donors (Lipinski definition) is 2. The number of nitrogens with two attached hydrogens (primary N) is 1. The maximum absolute atomic E-state index is 8.73. The zero-order chi connectivity index (χ0) is 13.0. The summed E-state index contributed by atoms with van der Waals surface area (Å²) < 4.78 is 5.73. The van der Waals surface area contributed by atoms with E-state index in [0.29, 0.717) is 17.1 Å². The second kappa shape index (κ2) is 5.18. The highest BCUT2D eigenvalue weighted by molar-refractivity contribution is 5.99. The van der Waals surface area contributed by atoms with Gasteiger partial charge >= 0.3 is 0 Å². The molecular weight excluding hydrogens is 230 g/mol. The molecule has 0 saturated carbocycles. The minimum atomic E-state index is 0.00661. The Kier molecular flexibility index (Phi) is 3.43. The van der Waals surface area contributed by atoms with Gasteiger partial charge in [0, 0.05) is 6.20 Å². The number of oxime groups is 1. The topological polar surface area (TPSA) is 80.7 Å². The molecule has 0 unspecified atom stereocenters. The Hall–Kier alpha value is -2.56. The first kappa shape index (κ1) is 11.9.